The molecule has 0 amide bonds. The smallest absolute Gasteiger partial charge is 0.212 e. The Bertz CT molecular complexity index is 302. The van der Waals surface area contributed by atoms with E-state index < -0.39 is 0 Å². The van der Waals surface area contributed by atoms with Crippen LogP contribution in [0.4, 0.5) is 0 Å². The van der Waals surface area contributed by atoms with Crippen LogP contribution in [0.1, 0.15) is 19.0 Å². The first-order valence-corrected chi connectivity index (χ1v) is 4.55. The molecule has 72 valence electrons. The predicted molar refractivity (Wildman–Crippen MR) is 50.9 cm³/mol. The molecule has 0 unspecified atom stereocenters. The number of aromatic nitrogens is 1. The summed E-state index contributed by atoms with van der Waals surface area (Å²) in [5, 5.41) is 11.4. The molecule has 13 heavy (non-hydrogen) atoms. The van der Waals surface area contributed by atoms with Crippen molar-refractivity contribution >= 4 is 11.6 Å². The molecule has 0 saturated carbocycles. The second-order valence-electron chi connectivity index (χ2n) is 2.75. The second-order valence-corrected chi connectivity index (χ2v) is 3.13. The molecule has 0 radical (unpaired) electrons. The van der Waals surface area contributed by atoms with Crippen LogP contribution in [0.3, 0.4) is 0 Å². The number of hydrogen-bond acceptors (Lipinski definition) is 2. The zero-order valence-electron chi connectivity index (χ0n) is 7.71. The summed E-state index contributed by atoms with van der Waals surface area (Å²) in [4.78, 5) is 0. The Kier molecular flexibility index (Phi) is 3.37. The molecule has 3 nitrogen and oxygen atoms in total. The van der Waals surface area contributed by atoms with Gasteiger partial charge in [-0.15, -0.1) is 0 Å². The van der Waals surface area contributed by atoms with Gasteiger partial charge < -0.3 is 9.94 Å². The Labute approximate surface area is 82.5 Å². The van der Waals surface area contributed by atoms with Gasteiger partial charge >= 0.3 is 0 Å². The lowest BCUT2D eigenvalue weighted by molar-refractivity contribution is -0.612. The summed E-state index contributed by atoms with van der Waals surface area (Å²) >= 11 is 5.89. The van der Waals surface area contributed by atoms with E-state index in [0.29, 0.717) is 23.1 Å². The van der Waals surface area contributed by atoms with Gasteiger partial charge in [-0.25, -0.2) is 0 Å². The highest BCUT2D eigenvalue weighted by atomic mass is 35.5. The number of hydrogen-bond donors (Lipinski definition) is 0. The van der Waals surface area contributed by atoms with Gasteiger partial charge in [0, 0.05) is 13.0 Å². The molecule has 1 aromatic rings. The number of pyridine rings is 1. The maximum atomic E-state index is 11.0. The molecule has 1 aromatic heterocycles. The lowest BCUT2D eigenvalue weighted by Gasteiger charge is -2.08. The topological polar surface area (TPSA) is 36.2 Å². The Morgan fingerprint density at radius 1 is 1.62 bits per heavy atom. The Balaban J connectivity index is 2.90. The van der Waals surface area contributed by atoms with E-state index in [1.807, 2.05) is 6.92 Å². The predicted octanol–water partition coefficient (Wildman–Crippen LogP) is 2.07. The SMILES string of the molecule is CCCOc1cc[n+]([O-])c(C)c1Cl. The van der Waals surface area contributed by atoms with Gasteiger partial charge in [-0.3, -0.25) is 0 Å². The fourth-order valence-electron chi connectivity index (χ4n) is 0.919. The molecule has 0 fully saturated rings. The van der Waals surface area contributed by atoms with E-state index in [9.17, 15) is 5.21 Å². The van der Waals surface area contributed by atoms with E-state index >= 15 is 0 Å². The lowest BCUT2D eigenvalue weighted by atomic mass is 10.3. The second kappa shape index (κ2) is 4.33. The Morgan fingerprint density at radius 3 is 2.92 bits per heavy atom. The van der Waals surface area contributed by atoms with E-state index in [-0.39, 0.29) is 0 Å². The molecule has 0 atom stereocenters. The van der Waals surface area contributed by atoms with Crippen LogP contribution in [0.5, 0.6) is 5.75 Å². The van der Waals surface area contributed by atoms with Crippen molar-refractivity contribution in [2.24, 2.45) is 0 Å². The third kappa shape index (κ3) is 2.25. The summed E-state index contributed by atoms with van der Waals surface area (Å²) in [5.74, 6) is 0.577. The molecule has 0 saturated heterocycles. The molecular formula is C9H12ClNO2. The van der Waals surface area contributed by atoms with Crippen LogP contribution in [-0.2, 0) is 0 Å². The van der Waals surface area contributed by atoms with Crippen molar-refractivity contribution in [3.63, 3.8) is 0 Å². The minimum Gasteiger partial charge on any atom is -0.618 e. The normalized spacial score (nSPS) is 10.1. The highest BCUT2D eigenvalue weighted by Gasteiger charge is 2.11. The number of halogens is 1. The first kappa shape index (κ1) is 10.1. The van der Waals surface area contributed by atoms with Crippen molar-refractivity contribution in [1.82, 2.24) is 0 Å². The number of ether oxygens (including phenoxy) is 1. The molecule has 0 aliphatic heterocycles. The summed E-state index contributed by atoms with van der Waals surface area (Å²) in [6.45, 7) is 4.29. The molecule has 0 aliphatic carbocycles. The first-order valence-electron chi connectivity index (χ1n) is 4.18. The zero-order chi connectivity index (χ0) is 9.84. The van der Waals surface area contributed by atoms with Crippen LogP contribution in [0.2, 0.25) is 5.02 Å². The van der Waals surface area contributed by atoms with Gasteiger partial charge in [0.2, 0.25) is 5.69 Å². The quantitative estimate of drug-likeness (QED) is 0.555. The third-order valence-electron chi connectivity index (χ3n) is 1.69. The van der Waals surface area contributed by atoms with Crippen molar-refractivity contribution in [3.05, 3.63) is 28.2 Å². The first-order chi connectivity index (χ1) is 6.16. The van der Waals surface area contributed by atoms with E-state index in [1.54, 1.807) is 13.0 Å². The van der Waals surface area contributed by atoms with Crippen LogP contribution in [0, 0.1) is 12.1 Å². The van der Waals surface area contributed by atoms with Crippen LogP contribution < -0.4 is 9.47 Å². The molecule has 0 aliphatic rings. The van der Waals surface area contributed by atoms with Gasteiger partial charge in [0.25, 0.3) is 0 Å². The maximum Gasteiger partial charge on any atom is 0.212 e. The van der Waals surface area contributed by atoms with Gasteiger partial charge in [0.15, 0.2) is 11.2 Å². The van der Waals surface area contributed by atoms with E-state index in [0.717, 1.165) is 11.2 Å². The largest absolute Gasteiger partial charge is 0.618 e. The van der Waals surface area contributed by atoms with E-state index in [2.05, 4.69) is 0 Å². The van der Waals surface area contributed by atoms with Crippen molar-refractivity contribution in [2.75, 3.05) is 6.61 Å². The van der Waals surface area contributed by atoms with Crippen molar-refractivity contribution in [3.8, 4) is 5.75 Å². The van der Waals surface area contributed by atoms with Gasteiger partial charge in [-0.2, -0.15) is 4.73 Å². The minimum absolute atomic E-state index is 0.394. The number of nitrogens with zero attached hydrogens (tertiary/aromatic N) is 1. The number of rotatable bonds is 3. The molecule has 1 heterocycles. The van der Waals surface area contributed by atoms with Gasteiger partial charge in [-0.05, 0) is 6.42 Å². The molecule has 0 aromatic carbocycles. The van der Waals surface area contributed by atoms with Crippen molar-refractivity contribution in [2.45, 2.75) is 20.3 Å². The van der Waals surface area contributed by atoms with E-state index in [1.165, 1.54) is 6.20 Å². The summed E-state index contributed by atoms with van der Waals surface area (Å²) in [6, 6.07) is 1.58. The molecule has 1 rings (SSSR count). The maximum absolute atomic E-state index is 11.0. The third-order valence-corrected chi connectivity index (χ3v) is 2.15. The van der Waals surface area contributed by atoms with Gasteiger partial charge in [-0.1, -0.05) is 18.5 Å². The summed E-state index contributed by atoms with van der Waals surface area (Å²) in [7, 11) is 0. The monoisotopic (exact) mass is 201 g/mol. The highest BCUT2D eigenvalue weighted by molar-refractivity contribution is 6.32. The summed E-state index contributed by atoms with van der Waals surface area (Å²) < 4.78 is 6.06. The fourth-order valence-corrected chi connectivity index (χ4v) is 1.12. The minimum atomic E-state index is 0.394. The lowest BCUT2D eigenvalue weighted by Crippen LogP contribution is -2.29. The average molecular weight is 202 g/mol. The van der Waals surface area contributed by atoms with Crippen molar-refractivity contribution in [1.29, 1.82) is 0 Å². The average Bonchev–Trinajstić information content (AvgIpc) is 2.13. The van der Waals surface area contributed by atoms with Gasteiger partial charge in [0.1, 0.15) is 5.75 Å². The summed E-state index contributed by atoms with van der Waals surface area (Å²) in [5.41, 5.74) is 0.468. The standard InChI is InChI=1S/C9H12ClNO2/c1-3-6-13-8-4-5-11(12)7(2)9(8)10/h4-5H,3,6H2,1-2H3. The van der Waals surface area contributed by atoms with Crippen LogP contribution in [0.15, 0.2) is 12.3 Å². The van der Waals surface area contributed by atoms with Crippen LogP contribution in [-0.4, -0.2) is 6.61 Å². The van der Waals surface area contributed by atoms with E-state index in [4.69, 9.17) is 16.3 Å². The summed E-state index contributed by atoms with van der Waals surface area (Å²) in [6.07, 6.45) is 2.31. The van der Waals surface area contributed by atoms with Gasteiger partial charge in [0.05, 0.1) is 6.61 Å². The fraction of sp³-hybridized carbons (Fsp3) is 0.444. The van der Waals surface area contributed by atoms with Crippen LogP contribution >= 0.6 is 11.6 Å². The van der Waals surface area contributed by atoms with Crippen molar-refractivity contribution < 1.29 is 9.47 Å². The molecule has 0 spiro atoms. The Hall–Kier alpha value is -0.960. The Morgan fingerprint density at radius 2 is 2.31 bits per heavy atom. The molecule has 4 heteroatoms. The molecule has 0 bridgehead atoms. The molecular weight excluding hydrogens is 190 g/mol. The van der Waals surface area contributed by atoms with Crippen LogP contribution in [0.25, 0.3) is 0 Å². The molecule has 0 N–H and O–H groups in total. The zero-order valence-corrected chi connectivity index (χ0v) is 8.47. The highest BCUT2D eigenvalue weighted by Crippen LogP contribution is 2.24.